The Balaban J connectivity index is 1.66. The minimum atomic E-state index is -1.06. The number of nitrogens with zero attached hydrogens (tertiary/aromatic N) is 2. The summed E-state index contributed by atoms with van der Waals surface area (Å²) in [6, 6.07) is 6.01. The molecule has 1 saturated carbocycles. The lowest BCUT2D eigenvalue weighted by molar-refractivity contribution is -0.150. The number of carbonyl (C=O) groups excluding carboxylic acids is 3. The Labute approximate surface area is 150 Å². The van der Waals surface area contributed by atoms with E-state index in [1.54, 1.807) is 24.3 Å². The van der Waals surface area contributed by atoms with Gasteiger partial charge in [0.2, 0.25) is 17.7 Å². The number of hydrogen-bond acceptors (Lipinski definition) is 4. The summed E-state index contributed by atoms with van der Waals surface area (Å²) in [7, 11) is 0. The summed E-state index contributed by atoms with van der Waals surface area (Å²) in [6.45, 7) is 1.38. The number of fused-ring (bicyclic) bond motifs is 1. The summed E-state index contributed by atoms with van der Waals surface area (Å²) in [4.78, 5) is 50.8. The number of benzene rings is 1. The van der Waals surface area contributed by atoms with E-state index in [2.05, 4.69) is 5.32 Å². The molecule has 1 aromatic rings. The van der Waals surface area contributed by atoms with Crippen LogP contribution in [0.15, 0.2) is 24.3 Å². The van der Waals surface area contributed by atoms with Crippen molar-refractivity contribution in [1.82, 2.24) is 4.90 Å². The number of anilines is 2. The zero-order valence-electron chi connectivity index (χ0n) is 14.5. The molecule has 0 aromatic heterocycles. The Morgan fingerprint density at radius 1 is 1.27 bits per heavy atom. The van der Waals surface area contributed by atoms with Gasteiger partial charge in [-0.3, -0.25) is 14.4 Å². The van der Waals surface area contributed by atoms with Crippen LogP contribution in [0.4, 0.5) is 11.4 Å². The lowest BCUT2D eigenvalue weighted by atomic mass is 10.1. The fourth-order valence-electron chi connectivity index (χ4n) is 3.14. The van der Waals surface area contributed by atoms with Crippen LogP contribution >= 0.6 is 0 Å². The van der Waals surface area contributed by atoms with Crippen molar-refractivity contribution < 1.29 is 24.3 Å². The van der Waals surface area contributed by atoms with Crippen LogP contribution in [0.5, 0.6) is 0 Å². The van der Waals surface area contributed by atoms with E-state index in [-0.39, 0.29) is 43.1 Å². The van der Waals surface area contributed by atoms with Crippen LogP contribution < -0.4 is 10.2 Å². The number of carboxylic acid groups (broad SMARTS) is 1. The fraction of sp³-hybridized carbons (Fsp3) is 0.444. The van der Waals surface area contributed by atoms with Gasteiger partial charge in [-0.25, -0.2) is 4.79 Å². The molecule has 2 aliphatic rings. The van der Waals surface area contributed by atoms with Gasteiger partial charge >= 0.3 is 5.97 Å². The maximum absolute atomic E-state index is 12.6. The lowest BCUT2D eigenvalue weighted by Gasteiger charge is -2.30. The molecule has 8 heteroatoms. The molecule has 1 aromatic carbocycles. The van der Waals surface area contributed by atoms with Gasteiger partial charge in [-0.2, -0.15) is 0 Å². The first-order chi connectivity index (χ1) is 12.4. The molecule has 2 N–H and O–H groups in total. The van der Waals surface area contributed by atoms with Crippen LogP contribution in [0.25, 0.3) is 0 Å². The van der Waals surface area contributed by atoms with Gasteiger partial charge in [0.15, 0.2) is 0 Å². The third-order valence-electron chi connectivity index (χ3n) is 4.63. The topological polar surface area (TPSA) is 107 Å². The van der Waals surface area contributed by atoms with Crippen molar-refractivity contribution in [3.8, 4) is 0 Å². The van der Waals surface area contributed by atoms with Gasteiger partial charge in [0.25, 0.3) is 0 Å². The van der Waals surface area contributed by atoms with Crippen molar-refractivity contribution >= 4 is 35.1 Å². The number of aliphatic carboxylic acids is 1. The normalized spacial score (nSPS) is 17.1. The second kappa shape index (κ2) is 7.15. The highest BCUT2D eigenvalue weighted by Gasteiger charge is 2.38. The van der Waals surface area contributed by atoms with E-state index in [1.165, 1.54) is 16.7 Å². The molecule has 1 aliphatic heterocycles. The van der Waals surface area contributed by atoms with Gasteiger partial charge in [0.1, 0.15) is 12.6 Å². The van der Waals surface area contributed by atoms with Gasteiger partial charge in [-0.05, 0) is 31.9 Å². The van der Waals surface area contributed by atoms with Crippen LogP contribution in [-0.4, -0.2) is 52.3 Å². The summed E-state index contributed by atoms with van der Waals surface area (Å²) >= 11 is 0. The van der Waals surface area contributed by atoms with Crippen molar-refractivity contribution in [2.45, 2.75) is 44.7 Å². The van der Waals surface area contributed by atoms with Crippen LogP contribution in [0.3, 0.4) is 0 Å². The number of rotatable bonds is 6. The molecule has 0 saturated heterocycles. The van der Waals surface area contributed by atoms with Gasteiger partial charge in [0.05, 0.1) is 11.4 Å². The van der Waals surface area contributed by atoms with E-state index < -0.39 is 12.0 Å². The Morgan fingerprint density at radius 2 is 1.96 bits per heavy atom. The molecule has 1 unspecified atom stereocenters. The highest BCUT2D eigenvalue weighted by atomic mass is 16.4. The van der Waals surface area contributed by atoms with E-state index in [4.69, 9.17) is 0 Å². The molecule has 138 valence electrons. The number of hydrogen-bond donors (Lipinski definition) is 2. The molecule has 0 spiro atoms. The van der Waals surface area contributed by atoms with Gasteiger partial charge in [0, 0.05) is 18.9 Å². The van der Waals surface area contributed by atoms with Crippen LogP contribution in [0, 0.1) is 0 Å². The Kier molecular flexibility index (Phi) is 4.92. The summed E-state index contributed by atoms with van der Waals surface area (Å²) in [6.07, 6.45) is 1.43. The largest absolute Gasteiger partial charge is 0.480 e. The van der Waals surface area contributed by atoms with Crippen molar-refractivity contribution in [2.24, 2.45) is 0 Å². The number of carboxylic acids is 1. The molecule has 8 nitrogen and oxygen atoms in total. The van der Waals surface area contributed by atoms with E-state index in [9.17, 15) is 24.3 Å². The van der Waals surface area contributed by atoms with Gasteiger partial charge in [-0.15, -0.1) is 0 Å². The minimum absolute atomic E-state index is 0.0507. The first kappa shape index (κ1) is 17.9. The fourth-order valence-corrected chi connectivity index (χ4v) is 3.14. The van der Waals surface area contributed by atoms with Gasteiger partial charge < -0.3 is 20.2 Å². The number of nitrogens with one attached hydrogen (secondary N) is 1. The molecular formula is C18H21N3O5. The second-order valence-corrected chi connectivity index (χ2v) is 6.59. The maximum atomic E-state index is 12.6. The average Bonchev–Trinajstić information content (AvgIpc) is 3.43. The number of amides is 3. The molecule has 26 heavy (non-hydrogen) atoms. The monoisotopic (exact) mass is 359 g/mol. The third kappa shape index (κ3) is 3.68. The molecule has 3 rings (SSSR count). The second-order valence-electron chi connectivity index (χ2n) is 6.59. The molecule has 1 atom stereocenters. The summed E-state index contributed by atoms with van der Waals surface area (Å²) in [5.74, 6) is -2.02. The molecule has 1 heterocycles. The number of para-hydroxylation sites is 2. The zero-order chi connectivity index (χ0) is 18.8. The predicted molar refractivity (Wildman–Crippen MR) is 93.6 cm³/mol. The highest BCUT2D eigenvalue weighted by Crippen LogP contribution is 2.31. The summed E-state index contributed by atoms with van der Waals surface area (Å²) in [5, 5.41) is 11.9. The smallest absolute Gasteiger partial charge is 0.326 e. The maximum Gasteiger partial charge on any atom is 0.326 e. The molecule has 0 radical (unpaired) electrons. The van der Waals surface area contributed by atoms with E-state index in [0.29, 0.717) is 11.4 Å². The van der Waals surface area contributed by atoms with Crippen molar-refractivity contribution in [1.29, 1.82) is 0 Å². The van der Waals surface area contributed by atoms with Gasteiger partial charge in [-0.1, -0.05) is 12.1 Å². The van der Waals surface area contributed by atoms with E-state index in [1.807, 2.05) is 0 Å². The quantitative estimate of drug-likeness (QED) is 0.794. The SMILES string of the molecule is CC(C(=O)O)N(C(=O)CCC(=O)N1CC(=O)Nc2ccccc21)C1CC1. The zero-order valence-corrected chi connectivity index (χ0v) is 14.5. The van der Waals surface area contributed by atoms with Crippen LogP contribution in [0.2, 0.25) is 0 Å². The Bertz CT molecular complexity index is 759. The first-order valence-corrected chi connectivity index (χ1v) is 8.61. The Morgan fingerprint density at radius 3 is 2.62 bits per heavy atom. The number of carbonyl (C=O) groups is 4. The van der Waals surface area contributed by atoms with Crippen LogP contribution in [0.1, 0.15) is 32.6 Å². The summed E-state index contributed by atoms with van der Waals surface area (Å²) in [5.41, 5.74) is 1.16. The molecule has 1 fully saturated rings. The molecule has 0 bridgehead atoms. The summed E-state index contributed by atoms with van der Waals surface area (Å²) < 4.78 is 0. The molecule has 1 aliphatic carbocycles. The van der Waals surface area contributed by atoms with Crippen molar-refractivity contribution in [3.05, 3.63) is 24.3 Å². The molecule has 3 amide bonds. The standard InChI is InChI=1S/C18H21N3O5/c1-11(18(25)26)21(12-6-7-12)17(24)9-8-16(23)20-10-15(22)19-13-4-2-3-5-14(13)20/h2-5,11-12H,6-10H2,1H3,(H,19,22)(H,25,26). The van der Waals surface area contributed by atoms with Crippen molar-refractivity contribution in [2.75, 3.05) is 16.8 Å². The lowest BCUT2D eigenvalue weighted by Crippen LogP contribution is -2.46. The van der Waals surface area contributed by atoms with E-state index in [0.717, 1.165) is 12.8 Å². The van der Waals surface area contributed by atoms with Crippen LogP contribution in [-0.2, 0) is 19.2 Å². The third-order valence-corrected chi connectivity index (χ3v) is 4.63. The average molecular weight is 359 g/mol. The first-order valence-electron chi connectivity index (χ1n) is 8.61. The predicted octanol–water partition coefficient (Wildman–Crippen LogP) is 1.22. The minimum Gasteiger partial charge on any atom is -0.480 e. The Hall–Kier alpha value is -2.90. The molecular weight excluding hydrogens is 338 g/mol. The van der Waals surface area contributed by atoms with E-state index >= 15 is 0 Å². The van der Waals surface area contributed by atoms with Crippen molar-refractivity contribution in [3.63, 3.8) is 0 Å². The highest BCUT2D eigenvalue weighted by molar-refractivity contribution is 6.10.